The van der Waals surface area contributed by atoms with Crippen molar-refractivity contribution in [3.63, 3.8) is 0 Å². The summed E-state index contributed by atoms with van der Waals surface area (Å²) in [6.07, 6.45) is 3.73. The van der Waals surface area contributed by atoms with Crippen LogP contribution in [0.5, 0.6) is 0 Å². The van der Waals surface area contributed by atoms with Crippen molar-refractivity contribution in [3.8, 4) is 0 Å². The molecular formula is C20H33BN2O4Si. The predicted octanol–water partition coefficient (Wildman–Crippen LogP) is 2.95. The lowest BCUT2D eigenvalue weighted by Crippen LogP contribution is -2.41. The van der Waals surface area contributed by atoms with E-state index in [2.05, 4.69) is 19.6 Å². The van der Waals surface area contributed by atoms with Crippen LogP contribution in [0.3, 0.4) is 0 Å². The molecule has 0 N–H and O–H groups in total. The number of ether oxygens (including phenoxy) is 1. The van der Waals surface area contributed by atoms with Crippen molar-refractivity contribution in [1.82, 2.24) is 9.13 Å². The molecule has 1 saturated heterocycles. The highest BCUT2D eigenvalue weighted by molar-refractivity contribution is 6.76. The van der Waals surface area contributed by atoms with Crippen LogP contribution in [0, 0.1) is 0 Å². The number of hydrogen-bond donors (Lipinski definition) is 0. The predicted molar refractivity (Wildman–Crippen MR) is 117 cm³/mol. The van der Waals surface area contributed by atoms with Crippen LogP contribution in [0.1, 0.15) is 27.7 Å². The minimum Gasteiger partial charge on any atom is -0.399 e. The molecule has 0 aliphatic carbocycles. The van der Waals surface area contributed by atoms with Gasteiger partial charge in [-0.05, 0) is 39.8 Å². The fraction of sp³-hybridized carbons (Fsp3) is 0.650. The van der Waals surface area contributed by atoms with Gasteiger partial charge in [0.2, 0.25) is 0 Å². The van der Waals surface area contributed by atoms with Crippen molar-refractivity contribution < 1.29 is 14.0 Å². The Morgan fingerprint density at radius 3 is 2.32 bits per heavy atom. The minimum absolute atomic E-state index is 0.0472. The quantitative estimate of drug-likeness (QED) is 0.549. The van der Waals surface area contributed by atoms with Crippen LogP contribution in [0.25, 0.3) is 10.9 Å². The van der Waals surface area contributed by atoms with Crippen molar-refractivity contribution in [3.05, 3.63) is 28.8 Å². The molecule has 0 atom stereocenters. The molecule has 3 heterocycles. The first-order chi connectivity index (χ1) is 12.8. The van der Waals surface area contributed by atoms with Crippen molar-refractivity contribution in [2.45, 2.75) is 71.3 Å². The van der Waals surface area contributed by atoms with Crippen molar-refractivity contribution >= 4 is 31.6 Å². The normalized spacial score (nSPS) is 18.9. The van der Waals surface area contributed by atoms with Gasteiger partial charge in [-0.1, -0.05) is 19.6 Å². The van der Waals surface area contributed by atoms with Gasteiger partial charge in [-0.25, -0.2) is 0 Å². The van der Waals surface area contributed by atoms with Gasteiger partial charge in [-0.2, -0.15) is 0 Å². The van der Waals surface area contributed by atoms with Crippen molar-refractivity contribution in [2.24, 2.45) is 7.05 Å². The molecule has 0 aromatic carbocycles. The summed E-state index contributed by atoms with van der Waals surface area (Å²) in [6.45, 7) is 16.2. The van der Waals surface area contributed by atoms with Crippen LogP contribution in [0.2, 0.25) is 25.7 Å². The van der Waals surface area contributed by atoms with Gasteiger partial charge in [-0.15, -0.1) is 0 Å². The number of hydrogen-bond acceptors (Lipinski definition) is 4. The second kappa shape index (κ2) is 7.16. The van der Waals surface area contributed by atoms with E-state index in [9.17, 15) is 4.79 Å². The van der Waals surface area contributed by atoms with Crippen LogP contribution in [-0.4, -0.2) is 42.1 Å². The third kappa shape index (κ3) is 4.01. The van der Waals surface area contributed by atoms with Crippen LogP contribution in [0.4, 0.5) is 0 Å². The number of nitrogens with zero attached hydrogens (tertiary/aromatic N) is 2. The van der Waals surface area contributed by atoms with E-state index >= 15 is 0 Å². The minimum atomic E-state index is -1.14. The SMILES string of the molecule is Cn1cc(B2OC(C)(C)C(C)(C)O2)c2ccn(COCC[Si](C)(C)C)c2c1=O. The third-order valence-corrected chi connectivity index (χ3v) is 7.57. The highest BCUT2D eigenvalue weighted by Gasteiger charge is 2.52. The lowest BCUT2D eigenvalue weighted by molar-refractivity contribution is 0.00578. The Balaban J connectivity index is 1.92. The molecular weight excluding hydrogens is 371 g/mol. The van der Waals surface area contributed by atoms with E-state index in [1.165, 1.54) is 0 Å². The molecule has 0 spiro atoms. The summed E-state index contributed by atoms with van der Waals surface area (Å²) in [4.78, 5) is 12.8. The molecule has 2 aromatic heterocycles. The first-order valence-corrected chi connectivity index (χ1v) is 13.6. The van der Waals surface area contributed by atoms with Gasteiger partial charge in [0.1, 0.15) is 12.2 Å². The summed E-state index contributed by atoms with van der Waals surface area (Å²) in [5.41, 5.74) is 0.594. The molecule has 0 bridgehead atoms. The van der Waals surface area contributed by atoms with E-state index < -0.39 is 26.4 Å². The Kier molecular flexibility index (Phi) is 5.46. The van der Waals surface area contributed by atoms with E-state index in [0.29, 0.717) is 18.9 Å². The molecule has 0 unspecified atom stereocenters. The lowest BCUT2D eigenvalue weighted by Gasteiger charge is -2.32. The zero-order chi connectivity index (χ0) is 20.9. The smallest absolute Gasteiger partial charge is 0.399 e. The molecule has 154 valence electrons. The Labute approximate surface area is 168 Å². The topological polar surface area (TPSA) is 54.6 Å². The van der Waals surface area contributed by atoms with Gasteiger partial charge in [0.15, 0.2) is 0 Å². The molecule has 8 heteroatoms. The molecule has 0 amide bonds. The first kappa shape index (κ1) is 21.4. The summed E-state index contributed by atoms with van der Waals surface area (Å²) < 4.78 is 21.8. The molecule has 1 aliphatic rings. The van der Waals surface area contributed by atoms with Gasteiger partial charge in [-0.3, -0.25) is 4.79 Å². The van der Waals surface area contributed by atoms with Crippen molar-refractivity contribution in [2.75, 3.05) is 6.61 Å². The van der Waals surface area contributed by atoms with Gasteiger partial charge in [0.05, 0.1) is 11.2 Å². The average molecular weight is 404 g/mol. The Morgan fingerprint density at radius 2 is 1.75 bits per heavy atom. The highest BCUT2D eigenvalue weighted by Crippen LogP contribution is 2.36. The van der Waals surface area contributed by atoms with E-state index in [-0.39, 0.29) is 5.56 Å². The molecule has 28 heavy (non-hydrogen) atoms. The van der Waals surface area contributed by atoms with E-state index in [1.807, 2.05) is 50.7 Å². The van der Waals surface area contributed by atoms with E-state index in [0.717, 1.165) is 16.9 Å². The molecule has 0 saturated carbocycles. The Bertz CT molecular complexity index is 911. The largest absolute Gasteiger partial charge is 0.497 e. The highest BCUT2D eigenvalue weighted by atomic mass is 28.3. The van der Waals surface area contributed by atoms with Crippen LogP contribution in [0.15, 0.2) is 23.3 Å². The second-order valence-corrected chi connectivity index (χ2v) is 15.6. The summed E-state index contributed by atoms with van der Waals surface area (Å²) in [5, 5.41) is 0.857. The second-order valence-electron chi connectivity index (χ2n) is 9.98. The summed E-state index contributed by atoms with van der Waals surface area (Å²) in [6, 6.07) is 3.06. The van der Waals surface area contributed by atoms with Gasteiger partial charge in [0, 0.05) is 45.0 Å². The maximum atomic E-state index is 12.8. The van der Waals surface area contributed by atoms with E-state index in [1.54, 1.807) is 11.6 Å². The number of rotatable bonds is 6. The maximum Gasteiger partial charge on any atom is 0.497 e. The standard InChI is InChI=1S/C20H33BN2O4Si/c1-19(2)20(3,4)27-21(26-19)16-13-22(5)18(24)17-15(16)9-10-23(17)14-25-11-12-28(6,7)8/h9-10,13H,11-12,14H2,1-8H3. The molecule has 1 fully saturated rings. The molecule has 6 nitrogen and oxygen atoms in total. The fourth-order valence-electron chi connectivity index (χ4n) is 3.25. The molecule has 3 rings (SSSR count). The summed E-state index contributed by atoms with van der Waals surface area (Å²) in [7, 11) is 0.112. The fourth-order valence-corrected chi connectivity index (χ4v) is 4.01. The maximum absolute atomic E-state index is 12.8. The zero-order valence-electron chi connectivity index (χ0n) is 18.5. The zero-order valence-corrected chi connectivity index (χ0v) is 19.5. The molecule has 0 radical (unpaired) electrons. The average Bonchev–Trinajstić information content (AvgIpc) is 3.05. The van der Waals surface area contributed by atoms with Gasteiger partial charge >= 0.3 is 7.12 Å². The lowest BCUT2D eigenvalue weighted by atomic mass is 9.78. The molecule has 2 aromatic rings. The number of aryl methyl sites for hydroxylation is 1. The van der Waals surface area contributed by atoms with Crippen LogP contribution >= 0.6 is 0 Å². The monoisotopic (exact) mass is 404 g/mol. The third-order valence-electron chi connectivity index (χ3n) is 5.86. The van der Waals surface area contributed by atoms with Crippen LogP contribution < -0.4 is 11.0 Å². The van der Waals surface area contributed by atoms with Crippen LogP contribution in [-0.2, 0) is 27.8 Å². The number of aromatic nitrogens is 2. The first-order valence-electron chi connectivity index (χ1n) is 9.94. The Hall–Kier alpha value is -1.35. The number of pyridine rings is 1. The van der Waals surface area contributed by atoms with Crippen molar-refractivity contribution in [1.29, 1.82) is 0 Å². The summed E-state index contributed by atoms with van der Waals surface area (Å²) in [5.74, 6) is 0. The van der Waals surface area contributed by atoms with Gasteiger partial charge in [0.25, 0.3) is 5.56 Å². The molecule has 1 aliphatic heterocycles. The summed E-state index contributed by atoms with van der Waals surface area (Å²) >= 11 is 0. The Morgan fingerprint density at radius 1 is 1.14 bits per heavy atom. The van der Waals surface area contributed by atoms with E-state index in [4.69, 9.17) is 14.0 Å². The van der Waals surface area contributed by atoms with Gasteiger partial charge < -0.3 is 23.2 Å². The number of fused-ring (bicyclic) bond motifs is 1.